The van der Waals surface area contributed by atoms with Crippen LogP contribution < -0.4 is 10.6 Å². The van der Waals surface area contributed by atoms with E-state index < -0.39 is 29.9 Å². The van der Waals surface area contributed by atoms with Crippen LogP contribution in [-0.4, -0.2) is 42.3 Å². The minimum Gasteiger partial charge on any atom is -0.481 e. The number of fused-ring (bicyclic) bond motifs is 3. The Bertz CT molecular complexity index is 974. The highest BCUT2D eigenvalue weighted by atomic mass is 16.5. The van der Waals surface area contributed by atoms with Crippen LogP contribution in [0.5, 0.6) is 0 Å². The highest BCUT2D eigenvalue weighted by Gasteiger charge is 2.31. The predicted molar refractivity (Wildman–Crippen MR) is 126 cm³/mol. The average molecular weight is 453 g/mol. The highest BCUT2D eigenvalue weighted by molar-refractivity contribution is 5.81. The molecule has 0 saturated heterocycles. The zero-order valence-corrected chi connectivity index (χ0v) is 19.5. The van der Waals surface area contributed by atoms with Crippen LogP contribution in [0.2, 0.25) is 0 Å². The van der Waals surface area contributed by atoms with Crippen LogP contribution in [0, 0.1) is 17.8 Å². The molecule has 7 nitrogen and oxygen atoms in total. The second-order valence-electron chi connectivity index (χ2n) is 9.01. The molecule has 0 radical (unpaired) electrons. The molecular weight excluding hydrogens is 420 g/mol. The number of hydrogen-bond acceptors (Lipinski definition) is 4. The molecule has 176 valence electrons. The van der Waals surface area contributed by atoms with Gasteiger partial charge in [-0.1, -0.05) is 69.3 Å². The summed E-state index contributed by atoms with van der Waals surface area (Å²) in [5.74, 6) is -2.62. The Kier molecular flexibility index (Phi) is 7.74. The lowest BCUT2D eigenvalue weighted by molar-refractivity contribution is -0.144. The lowest BCUT2D eigenvalue weighted by atomic mass is 9.89. The van der Waals surface area contributed by atoms with Crippen LogP contribution in [0.15, 0.2) is 48.5 Å². The second-order valence-corrected chi connectivity index (χ2v) is 9.01. The standard InChI is InChI=1S/C26H32N2O5/c1-15(2)23(25(30)31)17(4)28-24(29)16(3)13-27-26(32)33-14-22-20-11-7-5-9-18(20)19-10-6-8-12-21(19)22/h5-12,15-17,22-23H,13-14H2,1-4H3,(H,27,32)(H,28,29)(H,30,31). The number of carboxylic acids is 1. The van der Waals surface area contributed by atoms with Gasteiger partial charge >= 0.3 is 12.1 Å². The van der Waals surface area contributed by atoms with Crippen molar-refractivity contribution in [1.82, 2.24) is 10.6 Å². The molecule has 0 heterocycles. The fourth-order valence-electron chi connectivity index (χ4n) is 4.51. The summed E-state index contributed by atoms with van der Waals surface area (Å²) in [5, 5.41) is 14.8. The number of alkyl carbamates (subject to hydrolysis) is 1. The summed E-state index contributed by atoms with van der Waals surface area (Å²) < 4.78 is 5.49. The largest absolute Gasteiger partial charge is 0.481 e. The summed E-state index contributed by atoms with van der Waals surface area (Å²) in [4.78, 5) is 36.2. The van der Waals surface area contributed by atoms with Crippen molar-refractivity contribution in [3.05, 3.63) is 59.7 Å². The topological polar surface area (TPSA) is 105 Å². The van der Waals surface area contributed by atoms with Crippen LogP contribution in [0.1, 0.15) is 44.7 Å². The van der Waals surface area contributed by atoms with E-state index in [1.54, 1.807) is 13.8 Å². The molecule has 3 atom stereocenters. The normalized spacial score (nSPS) is 15.2. The van der Waals surface area contributed by atoms with Crippen LogP contribution in [-0.2, 0) is 14.3 Å². The van der Waals surface area contributed by atoms with E-state index in [9.17, 15) is 19.5 Å². The molecule has 1 aliphatic carbocycles. The number of nitrogens with one attached hydrogen (secondary N) is 2. The Hall–Kier alpha value is -3.35. The van der Waals surface area contributed by atoms with Crippen LogP contribution in [0.4, 0.5) is 4.79 Å². The Morgan fingerprint density at radius 1 is 0.939 bits per heavy atom. The Balaban J connectivity index is 1.51. The van der Waals surface area contributed by atoms with Gasteiger partial charge in [0.15, 0.2) is 0 Å². The summed E-state index contributed by atoms with van der Waals surface area (Å²) in [6, 6.07) is 15.7. The van der Waals surface area contributed by atoms with Crippen LogP contribution in [0.3, 0.4) is 0 Å². The van der Waals surface area contributed by atoms with Crippen molar-refractivity contribution in [2.75, 3.05) is 13.2 Å². The molecule has 0 fully saturated rings. The minimum absolute atomic E-state index is 0.0336. The van der Waals surface area contributed by atoms with Gasteiger partial charge in [-0.3, -0.25) is 9.59 Å². The van der Waals surface area contributed by atoms with Gasteiger partial charge in [0.25, 0.3) is 0 Å². The van der Waals surface area contributed by atoms with Crippen molar-refractivity contribution in [2.24, 2.45) is 17.8 Å². The van der Waals surface area contributed by atoms with Gasteiger partial charge in [-0.2, -0.15) is 0 Å². The lowest BCUT2D eigenvalue weighted by Gasteiger charge is -2.25. The highest BCUT2D eigenvalue weighted by Crippen LogP contribution is 2.44. The number of hydrogen-bond donors (Lipinski definition) is 3. The van der Waals surface area contributed by atoms with Crippen molar-refractivity contribution < 1.29 is 24.2 Å². The monoisotopic (exact) mass is 452 g/mol. The van der Waals surface area contributed by atoms with Gasteiger partial charge < -0.3 is 20.5 Å². The number of ether oxygens (including phenoxy) is 1. The third-order valence-corrected chi connectivity index (χ3v) is 6.26. The van der Waals surface area contributed by atoms with Crippen molar-refractivity contribution in [3.8, 4) is 11.1 Å². The fraction of sp³-hybridized carbons (Fsp3) is 0.423. The molecule has 0 saturated carbocycles. The van der Waals surface area contributed by atoms with E-state index in [0.29, 0.717) is 0 Å². The van der Waals surface area contributed by atoms with E-state index in [1.807, 2.05) is 38.1 Å². The SMILES string of the molecule is CC(CNC(=O)OCC1c2ccccc2-c2ccccc21)C(=O)NC(C)C(C(=O)O)C(C)C. The van der Waals surface area contributed by atoms with E-state index in [2.05, 4.69) is 34.9 Å². The Morgan fingerprint density at radius 2 is 1.48 bits per heavy atom. The minimum atomic E-state index is -0.942. The summed E-state index contributed by atoms with van der Waals surface area (Å²) in [7, 11) is 0. The van der Waals surface area contributed by atoms with Gasteiger partial charge in [0.1, 0.15) is 6.61 Å². The van der Waals surface area contributed by atoms with E-state index in [1.165, 1.54) is 0 Å². The molecule has 0 aromatic heterocycles. The molecule has 0 bridgehead atoms. The van der Waals surface area contributed by atoms with Gasteiger partial charge in [0.05, 0.1) is 11.8 Å². The third-order valence-electron chi connectivity index (χ3n) is 6.26. The van der Waals surface area contributed by atoms with E-state index in [4.69, 9.17) is 4.74 Å². The third kappa shape index (κ3) is 5.53. The van der Waals surface area contributed by atoms with Crippen molar-refractivity contribution >= 4 is 18.0 Å². The molecular formula is C26H32N2O5. The molecule has 2 amide bonds. The number of rotatable bonds is 9. The fourth-order valence-corrected chi connectivity index (χ4v) is 4.51. The molecule has 3 unspecified atom stereocenters. The van der Waals surface area contributed by atoms with Crippen LogP contribution >= 0.6 is 0 Å². The van der Waals surface area contributed by atoms with Crippen molar-refractivity contribution in [1.29, 1.82) is 0 Å². The van der Waals surface area contributed by atoms with E-state index >= 15 is 0 Å². The first-order valence-electron chi connectivity index (χ1n) is 11.3. The Labute approximate surface area is 194 Å². The number of amides is 2. The molecule has 0 aliphatic heterocycles. The van der Waals surface area contributed by atoms with E-state index in [-0.39, 0.29) is 30.9 Å². The van der Waals surface area contributed by atoms with Gasteiger partial charge in [-0.25, -0.2) is 4.79 Å². The number of carbonyl (C=O) groups is 3. The molecule has 7 heteroatoms. The molecule has 33 heavy (non-hydrogen) atoms. The number of carboxylic acid groups (broad SMARTS) is 1. The first-order valence-corrected chi connectivity index (χ1v) is 11.3. The van der Waals surface area contributed by atoms with E-state index in [0.717, 1.165) is 22.3 Å². The Morgan fingerprint density at radius 3 is 2.00 bits per heavy atom. The smallest absolute Gasteiger partial charge is 0.407 e. The van der Waals surface area contributed by atoms with Gasteiger partial charge in [-0.15, -0.1) is 0 Å². The number of carbonyl (C=O) groups excluding carboxylic acids is 2. The first-order chi connectivity index (χ1) is 15.7. The van der Waals surface area contributed by atoms with Crippen molar-refractivity contribution in [2.45, 2.75) is 39.7 Å². The molecule has 3 rings (SSSR count). The van der Waals surface area contributed by atoms with Gasteiger partial charge in [0.2, 0.25) is 5.91 Å². The van der Waals surface area contributed by atoms with Crippen LogP contribution in [0.25, 0.3) is 11.1 Å². The maximum Gasteiger partial charge on any atom is 0.407 e. The van der Waals surface area contributed by atoms with Gasteiger partial charge in [-0.05, 0) is 35.1 Å². The molecule has 2 aromatic carbocycles. The lowest BCUT2D eigenvalue weighted by Crippen LogP contribution is -2.47. The maximum absolute atomic E-state index is 12.5. The molecule has 3 N–H and O–H groups in total. The maximum atomic E-state index is 12.5. The summed E-state index contributed by atoms with van der Waals surface area (Å²) >= 11 is 0. The summed E-state index contributed by atoms with van der Waals surface area (Å²) in [6.45, 7) is 7.27. The zero-order chi connectivity index (χ0) is 24.1. The average Bonchev–Trinajstić information content (AvgIpc) is 3.09. The number of aliphatic carboxylic acids is 1. The molecule has 1 aliphatic rings. The van der Waals surface area contributed by atoms with Crippen molar-refractivity contribution in [3.63, 3.8) is 0 Å². The van der Waals surface area contributed by atoms with Gasteiger partial charge in [0, 0.05) is 18.5 Å². The summed E-state index contributed by atoms with van der Waals surface area (Å²) in [6.07, 6.45) is -0.588. The second kappa shape index (κ2) is 10.5. The molecule has 0 spiro atoms. The predicted octanol–water partition coefficient (Wildman–Crippen LogP) is 4.02. The zero-order valence-electron chi connectivity index (χ0n) is 19.5. The summed E-state index contributed by atoms with van der Waals surface area (Å²) in [5.41, 5.74) is 4.57. The number of benzene rings is 2. The molecule has 2 aromatic rings. The first kappa shape index (κ1) is 24.3. The quantitative estimate of drug-likeness (QED) is 0.533.